The molecule has 1 aliphatic heterocycles. The SMILES string of the molecule is N#Cc1cccnc1-n1cc(-c2ccc(C(=O)NC3(C(=O)O)C4CCC5CC(C4)CC3C5)c(C(F)(F)F)n2)c2ccc(OC3CCN(c4ncccn4)CC3)cc21. The van der Waals surface area contributed by atoms with Gasteiger partial charge in [-0.15, -0.1) is 0 Å². The van der Waals surface area contributed by atoms with Gasteiger partial charge in [-0.25, -0.2) is 24.7 Å². The Balaban J connectivity index is 1.06. The molecule has 1 saturated heterocycles. The van der Waals surface area contributed by atoms with Gasteiger partial charge in [0.1, 0.15) is 23.5 Å². The monoisotopic (exact) mass is 776 g/mol. The number of nitriles is 1. The molecule has 5 unspecified atom stereocenters. The van der Waals surface area contributed by atoms with E-state index in [0.717, 1.165) is 18.9 Å². The van der Waals surface area contributed by atoms with Crippen molar-refractivity contribution in [2.45, 2.75) is 69.2 Å². The second-order valence-corrected chi connectivity index (χ2v) is 15.8. The fourth-order valence-electron chi connectivity index (χ4n) is 10.1. The van der Waals surface area contributed by atoms with E-state index in [9.17, 15) is 33.1 Å². The normalized spacial score (nSPS) is 24.6. The number of amides is 1. The molecule has 5 heterocycles. The number of alkyl halides is 3. The highest BCUT2D eigenvalue weighted by atomic mass is 19.4. The maximum Gasteiger partial charge on any atom is 0.434 e. The van der Waals surface area contributed by atoms with Gasteiger partial charge < -0.3 is 20.1 Å². The van der Waals surface area contributed by atoms with Crippen LogP contribution in [0.1, 0.15) is 73.0 Å². The zero-order valence-electron chi connectivity index (χ0n) is 30.8. The molecule has 1 aromatic carbocycles. The number of benzene rings is 1. The van der Waals surface area contributed by atoms with Gasteiger partial charge in [-0.2, -0.15) is 18.4 Å². The third-order valence-corrected chi connectivity index (χ3v) is 12.6. The van der Waals surface area contributed by atoms with Gasteiger partial charge in [-0.3, -0.25) is 9.36 Å². The molecule has 0 spiro atoms. The quantitative estimate of drug-likeness (QED) is 0.165. The minimum atomic E-state index is -5.05. The molecule has 0 radical (unpaired) electrons. The molecule has 5 aromatic rings. The lowest BCUT2D eigenvalue weighted by Crippen LogP contribution is -2.66. The Morgan fingerprint density at radius 2 is 1.67 bits per heavy atom. The van der Waals surface area contributed by atoms with E-state index in [-0.39, 0.29) is 35.0 Å². The van der Waals surface area contributed by atoms with E-state index in [0.29, 0.717) is 91.6 Å². The van der Waals surface area contributed by atoms with Crippen molar-refractivity contribution in [2.75, 3.05) is 18.0 Å². The van der Waals surface area contributed by atoms with Crippen LogP contribution in [0, 0.1) is 35.0 Å². The van der Waals surface area contributed by atoms with Gasteiger partial charge in [0, 0.05) is 67.7 Å². The summed E-state index contributed by atoms with van der Waals surface area (Å²) in [7, 11) is 0. The van der Waals surface area contributed by atoms with Gasteiger partial charge in [0.05, 0.1) is 22.3 Å². The summed E-state index contributed by atoms with van der Waals surface area (Å²) in [5.41, 5.74) is -2.80. The number of nitrogens with one attached hydrogen (secondary N) is 1. The third kappa shape index (κ3) is 6.50. The Kier molecular flexibility index (Phi) is 9.09. The molecular formula is C42H39F3N8O4. The molecule has 5 atom stereocenters. The van der Waals surface area contributed by atoms with Crippen LogP contribution in [-0.2, 0) is 11.0 Å². The van der Waals surface area contributed by atoms with Gasteiger partial charge in [-0.05, 0) is 98.2 Å². The number of pyridine rings is 2. The van der Waals surface area contributed by atoms with E-state index in [4.69, 9.17) is 4.74 Å². The number of anilines is 1. The fraction of sp³-hybridized carbons (Fsp3) is 0.405. The predicted molar refractivity (Wildman–Crippen MR) is 201 cm³/mol. The number of rotatable bonds is 8. The summed E-state index contributed by atoms with van der Waals surface area (Å²) in [5.74, 6) is -0.837. The molecule has 5 aliphatic rings. The number of nitrogens with zero attached hydrogens (tertiary/aromatic N) is 7. The van der Waals surface area contributed by atoms with Gasteiger partial charge in [0.15, 0.2) is 11.5 Å². The van der Waals surface area contributed by atoms with Gasteiger partial charge in [0.2, 0.25) is 5.95 Å². The number of hydrogen-bond acceptors (Lipinski definition) is 9. The summed E-state index contributed by atoms with van der Waals surface area (Å²) in [6.45, 7) is 1.38. The van der Waals surface area contributed by atoms with E-state index in [2.05, 4.69) is 36.2 Å². The van der Waals surface area contributed by atoms with E-state index >= 15 is 0 Å². The zero-order chi connectivity index (χ0) is 39.5. The maximum atomic E-state index is 14.9. The van der Waals surface area contributed by atoms with Crippen molar-refractivity contribution in [1.82, 2.24) is 29.8 Å². The van der Waals surface area contributed by atoms with Crippen LogP contribution in [-0.4, -0.2) is 66.2 Å². The van der Waals surface area contributed by atoms with Crippen LogP contribution in [0.25, 0.3) is 28.0 Å². The molecule has 292 valence electrons. The van der Waals surface area contributed by atoms with Crippen molar-refractivity contribution in [3.63, 3.8) is 0 Å². The average Bonchev–Trinajstić information content (AvgIpc) is 3.47. The van der Waals surface area contributed by atoms with E-state index < -0.39 is 34.8 Å². The first-order valence-electron chi connectivity index (χ1n) is 19.4. The molecular weight excluding hydrogens is 738 g/mol. The topological polar surface area (TPSA) is 159 Å². The molecule has 5 fully saturated rings. The number of carbonyl (C=O) groups is 2. The molecule has 4 aromatic heterocycles. The molecule has 57 heavy (non-hydrogen) atoms. The Morgan fingerprint density at radius 3 is 2.42 bits per heavy atom. The standard InChI is InChI=1S/C42H39F3N8O4/c43-42(44,45)36-32(38(54)51-41(39(55)56)27-5-4-24-17-25(19-27)20-28(41)18-24)8-9-34(50-36)33-23-53(37-26(22-46)3-1-12-47-37)35-21-30(6-7-31(33)35)57-29-10-15-52(16-11-29)40-48-13-2-14-49-40/h1-3,6-9,12-14,21,23-25,27-29H,4-5,10-11,15-20H2,(H,51,54)(H,55,56). The first-order chi connectivity index (χ1) is 27.5. The molecule has 2 N–H and O–H groups in total. The van der Waals surface area contributed by atoms with Crippen molar-refractivity contribution in [3.05, 3.63) is 90.1 Å². The number of carboxylic acid groups (broad SMARTS) is 1. The minimum absolute atomic E-state index is 0.0689. The third-order valence-electron chi connectivity index (χ3n) is 12.6. The summed E-state index contributed by atoms with van der Waals surface area (Å²) < 4.78 is 52.9. The molecule has 4 bridgehead atoms. The fourth-order valence-corrected chi connectivity index (χ4v) is 10.1. The van der Waals surface area contributed by atoms with Crippen molar-refractivity contribution in [3.8, 4) is 28.9 Å². The van der Waals surface area contributed by atoms with Gasteiger partial charge in [0.25, 0.3) is 5.91 Å². The highest BCUT2D eigenvalue weighted by Crippen LogP contribution is 2.56. The predicted octanol–water partition coefficient (Wildman–Crippen LogP) is 7.22. The largest absolute Gasteiger partial charge is 0.490 e. The van der Waals surface area contributed by atoms with Crippen molar-refractivity contribution in [1.29, 1.82) is 5.26 Å². The first kappa shape index (κ1) is 36.6. The summed E-state index contributed by atoms with van der Waals surface area (Å²) in [6.07, 6.45) is 7.15. The number of fused-ring (bicyclic) bond motifs is 2. The first-order valence-corrected chi connectivity index (χ1v) is 19.4. The van der Waals surface area contributed by atoms with Crippen molar-refractivity contribution < 1.29 is 32.6 Å². The van der Waals surface area contributed by atoms with Crippen LogP contribution in [0.15, 0.2) is 73.3 Å². The van der Waals surface area contributed by atoms with Crippen LogP contribution < -0.4 is 15.0 Å². The van der Waals surface area contributed by atoms with E-state index in [1.165, 1.54) is 12.3 Å². The lowest BCUT2D eigenvalue weighted by atomic mass is 9.58. The number of carbonyl (C=O) groups excluding carboxylic acids is 1. The summed E-state index contributed by atoms with van der Waals surface area (Å²) in [4.78, 5) is 46.3. The van der Waals surface area contributed by atoms with Crippen LogP contribution >= 0.6 is 0 Å². The maximum absolute atomic E-state index is 14.9. The Morgan fingerprint density at radius 1 is 0.912 bits per heavy atom. The number of carboxylic acids is 1. The number of ether oxygens (including phenoxy) is 1. The Hall–Kier alpha value is -6.04. The summed E-state index contributed by atoms with van der Waals surface area (Å²) in [5, 5.41) is 23.8. The zero-order valence-corrected chi connectivity index (χ0v) is 30.8. The smallest absolute Gasteiger partial charge is 0.434 e. The Labute approximate surface area is 325 Å². The van der Waals surface area contributed by atoms with Crippen LogP contribution in [0.5, 0.6) is 5.75 Å². The van der Waals surface area contributed by atoms with E-state index in [1.54, 1.807) is 59.6 Å². The molecule has 12 nitrogen and oxygen atoms in total. The van der Waals surface area contributed by atoms with Gasteiger partial charge in [-0.1, -0.05) is 6.42 Å². The van der Waals surface area contributed by atoms with Crippen LogP contribution in [0.4, 0.5) is 19.1 Å². The molecule has 15 heteroatoms. The molecule has 4 saturated carbocycles. The summed E-state index contributed by atoms with van der Waals surface area (Å²) >= 11 is 0. The number of halogens is 3. The van der Waals surface area contributed by atoms with Gasteiger partial charge >= 0.3 is 12.1 Å². The molecule has 10 rings (SSSR count). The summed E-state index contributed by atoms with van der Waals surface area (Å²) in [6, 6.07) is 14.8. The lowest BCUT2D eigenvalue weighted by Gasteiger charge is -2.50. The molecule has 4 aliphatic carbocycles. The minimum Gasteiger partial charge on any atom is -0.490 e. The number of hydrogen-bond donors (Lipinski definition) is 2. The van der Waals surface area contributed by atoms with Crippen LogP contribution in [0.3, 0.4) is 0 Å². The van der Waals surface area contributed by atoms with E-state index in [1.807, 2.05) is 0 Å². The molecule has 1 amide bonds. The van der Waals surface area contributed by atoms with Crippen molar-refractivity contribution >= 4 is 28.7 Å². The second-order valence-electron chi connectivity index (χ2n) is 15.8. The number of piperidine rings is 1. The second kappa shape index (κ2) is 14.2. The Bertz CT molecular complexity index is 2400. The number of aromatic nitrogens is 5. The highest BCUT2D eigenvalue weighted by Gasteiger charge is 2.60. The van der Waals surface area contributed by atoms with Crippen molar-refractivity contribution in [2.24, 2.45) is 23.7 Å². The highest BCUT2D eigenvalue weighted by molar-refractivity contribution is 6.01. The lowest BCUT2D eigenvalue weighted by molar-refractivity contribution is -0.154. The van der Waals surface area contributed by atoms with Crippen LogP contribution in [0.2, 0.25) is 0 Å². The average molecular weight is 777 g/mol. The number of aliphatic carboxylic acids is 1.